The number of pyridine rings is 1. The minimum Gasteiger partial charge on any atom is -0.489 e. The molecule has 31 heavy (non-hydrogen) atoms. The SMILES string of the molecule is COC(=O)c1ccc(COc2cccc(-c3ccc(OCC4CCCC4)nc3)c2)cc1. The standard InChI is InChI=1S/C26H27NO4/c1-29-26(28)21-11-9-20(10-12-21)17-30-24-8-4-7-22(15-24)23-13-14-25(27-16-23)31-18-19-5-2-3-6-19/h4,7-16,19H,2-3,5-6,17-18H2,1H3. The van der Waals surface area contributed by atoms with Gasteiger partial charge < -0.3 is 14.2 Å². The van der Waals surface area contributed by atoms with Crippen molar-refractivity contribution in [2.75, 3.05) is 13.7 Å². The summed E-state index contributed by atoms with van der Waals surface area (Å²) in [6.07, 6.45) is 7.00. The van der Waals surface area contributed by atoms with Crippen LogP contribution in [0.4, 0.5) is 0 Å². The number of esters is 1. The molecule has 1 aromatic heterocycles. The summed E-state index contributed by atoms with van der Waals surface area (Å²) >= 11 is 0. The van der Waals surface area contributed by atoms with Crippen molar-refractivity contribution >= 4 is 5.97 Å². The van der Waals surface area contributed by atoms with Crippen molar-refractivity contribution in [3.8, 4) is 22.8 Å². The summed E-state index contributed by atoms with van der Waals surface area (Å²) < 4.78 is 16.5. The van der Waals surface area contributed by atoms with Crippen LogP contribution < -0.4 is 9.47 Å². The lowest BCUT2D eigenvalue weighted by molar-refractivity contribution is 0.0600. The van der Waals surface area contributed by atoms with E-state index in [4.69, 9.17) is 14.2 Å². The van der Waals surface area contributed by atoms with Gasteiger partial charge in [-0.25, -0.2) is 9.78 Å². The molecule has 0 spiro atoms. The summed E-state index contributed by atoms with van der Waals surface area (Å²) in [6, 6.07) is 19.1. The summed E-state index contributed by atoms with van der Waals surface area (Å²) in [5.41, 5.74) is 3.55. The number of aromatic nitrogens is 1. The monoisotopic (exact) mass is 417 g/mol. The van der Waals surface area contributed by atoms with E-state index in [0.717, 1.165) is 29.0 Å². The Bertz CT molecular complexity index is 993. The van der Waals surface area contributed by atoms with Gasteiger partial charge in [-0.05, 0) is 60.2 Å². The lowest BCUT2D eigenvalue weighted by atomic mass is 10.1. The smallest absolute Gasteiger partial charge is 0.337 e. The normalized spacial score (nSPS) is 13.7. The Morgan fingerprint density at radius 3 is 2.48 bits per heavy atom. The number of rotatable bonds is 8. The average Bonchev–Trinajstić information content (AvgIpc) is 3.35. The summed E-state index contributed by atoms with van der Waals surface area (Å²) in [6.45, 7) is 1.17. The number of carbonyl (C=O) groups excluding carboxylic acids is 1. The van der Waals surface area contributed by atoms with Crippen LogP contribution in [0.5, 0.6) is 11.6 Å². The van der Waals surface area contributed by atoms with E-state index in [1.807, 2.05) is 54.7 Å². The van der Waals surface area contributed by atoms with E-state index in [-0.39, 0.29) is 5.97 Å². The summed E-state index contributed by atoms with van der Waals surface area (Å²) in [5.74, 6) is 1.78. The van der Waals surface area contributed by atoms with Gasteiger partial charge >= 0.3 is 5.97 Å². The molecular weight excluding hydrogens is 390 g/mol. The Kier molecular flexibility index (Phi) is 6.82. The van der Waals surface area contributed by atoms with Gasteiger partial charge in [0.25, 0.3) is 0 Å². The number of hydrogen-bond acceptors (Lipinski definition) is 5. The molecule has 0 N–H and O–H groups in total. The quantitative estimate of drug-likeness (QED) is 0.441. The third-order valence-electron chi connectivity index (χ3n) is 5.63. The van der Waals surface area contributed by atoms with Gasteiger partial charge in [0.15, 0.2) is 0 Å². The highest BCUT2D eigenvalue weighted by Gasteiger charge is 2.15. The van der Waals surface area contributed by atoms with Crippen LogP contribution in [0.1, 0.15) is 41.6 Å². The van der Waals surface area contributed by atoms with E-state index in [2.05, 4.69) is 4.98 Å². The zero-order valence-corrected chi connectivity index (χ0v) is 17.8. The number of benzene rings is 2. The third-order valence-corrected chi connectivity index (χ3v) is 5.63. The van der Waals surface area contributed by atoms with E-state index in [1.54, 1.807) is 12.1 Å². The minimum atomic E-state index is -0.344. The Morgan fingerprint density at radius 2 is 1.77 bits per heavy atom. The second kappa shape index (κ2) is 10.1. The van der Waals surface area contributed by atoms with Gasteiger partial charge in [0.1, 0.15) is 12.4 Å². The highest BCUT2D eigenvalue weighted by molar-refractivity contribution is 5.89. The fourth-order valence-electron chi connectivity index (χ4n) is 3.80. The highest BCUT2D eigenvalue weighted by atomic mass is 16.5. The molecule has 5 nitrogen and oxygen atoms in total. The first-order valence-electron chi connectivity index (χ1n) is 10.7. The molecular formula is C26H27NO4. The summed E-state index contributed by atoms with van der Waals surface area (Å²) in [5, 5.41) is 0. The zero-order valence-electron chi connectivity index (χ0n) is 17.8. The van der Waals surface area contributed by atoms with E-state index in [1.165, 1.54) is 32.8 Å². The van der Waals surface area contributed by atoms with Crippen LogP contribution in [0.3, 0.4) is 0 Å². The first-order chi connectivity index (χ1) is 15.2. The largest absolute Gasteiger partial charge is 0.489 e. The highest BCUT2D eigenvalue weighted by Crippen LogP contribution is 2.27. The Morgan fingerprint density at radius 1 is 0.968 bits per heavy atom. The van der Waals surface area contributed by atoms with E-state index >= 15 is 0 Å². The zero-order chi connectivity index (χ0) is 21.5. The average molecular weight is 418 g/mol. The molecule has 0 atom stereocenters. The first-order valence-corrected chi connectivity index (χ1v) is 10.7. The Labute approximate surface area is 183 Å². The minimum absolute atomic E-state index is 0.344. The van der Waals surface area contributed by atoms with Gasteiger partial charge in [-0.3, -0.25) is 0 Å². The maximum absolute atomic E-state index is 11.5. The van der Waals surface area contributed by atoms with Crippen molar-refractivity contribution in [1.82, 2.24) is 4.98 Å². The van der Waals surface area contributed by atoms with Gasteiger partial charge in [-0.1, -0.05) is 37.1 Å². The van der Waals surface area contributed by atoms with E-state index in [0.29, 0.717) is 24.0 Å². The fourth-order valence-corrected chi connectivity index (χ4v) is 3.80. The van der Waals surface area contributed by atoms with Crippen LogP contribution in [-0.2, 0) is 11.3 Å². The first kappa shape index (κ1) is 20.9. The molecule has 2 aromatic carbocycles. The lowest BCUT2D eigenvalue weighted by Crippen LogP contribution is -2.08. The Hall–Kier alpha value is -3.34. The van der Waals surface area contributed by atoms with Gasteiger partial charge in [0.05, 0.1) is 19.3 Å². The molecule has 1 saturated carbocycles. The van der Waals surface area contributed by atoms with Crippen molar-refractivity contribution in [2.24, 2.45) is 5.92 Å². The molecule has 0 radical (unpaired) electrons. The molecule has 0 unspecified atom stereocenters. The van der Waals surface area contributed by atoms with Crippen LogP contribution >= 0.6 is 0 Å². The lowest BCUT2D eigenvalue weighted by Gasteiger charge is -2.11. The van der Waals surface area contributed by atoms with Crippen LogP contribution in [0.25, 0.3) is 11.1 Å². The molecule has 0 amide bonds. The van der Waals surface area contributed by atoms with Crippen LogP contribution in [0.15, 0.2) is 66.9 Å². The van der Waals surface area contributed by atoms with E-state index in [9.17, 15) is 4.79 Å². The van der Waals surface area contributed by atoms with Crippen molar-refractivity contribution in [3.05, 3.63) is 78.0 Å². The second-order valence-electron chi connectivity index (χ2n) is 7.85. The fraction of sp³-hybridized carbons (Fsp3) is 0.308. The predicted molar refractivity (Wildman–Crippen MR) is 119 cm³/mol. The predicted octanol–water partition coefficient (Wildman–Crippen LogP) is 5.68. The number of nitrogens with zero attached hydrogens (tertiary/aromatic N) is 1. The molecule has 1 aliphatic carbocycles. The Balaban J connectivity index is 1.34. The summed E-state index contributed by atoms with van der Waals surface area (Å²) in [7, 11) is 1.37. The summed E-state index contributed by atoms with van der Waals surface area (Å²) in [4.78, 5) is 16.0. The third kappa shape index (κ3) is 5.63. The number of ether oxygens (including phenoxy) is 3. The number of methoxy groups -OCH3 is 1. The van der Waals surface area contributed by atoms with Crippen LogP contribution in [0.2, 0.25) is 0 Å². The van der Waals surface area contributed by atoms with Crippen molar-refractivity contribution < 1.29 is 19.0 Å². The van der Waals surface area contributed by atoms with Gasteiger partial charge in [-0.2, -0.15) is 0 Å². The molecule has 0 saturated heterocycles. The maximum Gasteiger partial charge on any atom is 0.337 e. The van der Waals surface area contributed by atoms with Crippen LogP contribution in [-0.4, -0.2) is 24.7 Å². The van der Waals surface area contributed by atoms with Crippen molar-refractivity contribution in [2.45, 2.75) is 32.3 Å². The van der Waals surface area contributed by atoms with Crippen molar-refractivity contribution in [3.63, 3.8) is 0 Å². The molecule has 4 rings (SSSR count). The topological polar surface area (TPSA) is 57.7 Å². The molecule has 5 heteroatoms. The maximum atomic E-state index is 11.5. The van der Waals surface area contributed by atoms with Gasteiger partial charge in [-0.15, -0.1) is 0 Å². The second-order valence-corrected chi connectivity index (χ2v) is 7.85. The molecule has 1 aliphatic rings. The molecule has 0 bridgehead atoms. The van der Waals surface area contributed by atoms with Gasteiger partial charge in [0.2, 0.25) is 5.88 Å². The molecule has 160 valence electrons. The molecule has 1 fully saturated rings. The van der Waals surface area contributed by atoms with E-state index < -0.39 is 0 Å². The molecule has 1 heterocycles. The van der Waals surface area contributed by atoms with Gasteiger partial charge in [0, 0.05) is 17.8 Å². The molecule has 0 aliphatic heterocycles. The van der Waals surface area contributed by atoms with Crippen LogP contribution in [0, 0.1) is 5.92 Å². The van der Waals surface area contributed by atoms with Crippen molar-refractivity contribution in [1.29, 1.82) is 0 Å². The number of carbonyl (C=O) groups is 1. The molecule has 3 aromatic rings. The number of hydrogen-bond donors (Lipinski definition) is 0.